The summed E-state index contributed by atoms with van der Waals surface area (Å²) in [6.07, 6.45) is 1.87. The third kappa shape index (κ3) is 3.66. The highest BCUT2D eigenvalue weighted by Crippen LogP contribution is 2.31. The second-order valence-electron chi connectivity index (χ2n) is 6.03. The van der Waals surface area contributed by atoms with Crippen molar-refractivity contribution in [2.24, 2.45) is 0 Å². The van der Waals surface area contributed by atoms with Crippen molar-refractivity contribution in [3.05, 3.63) is 79.0 Å². The highest BCUT2D eigenvalue weighted by Gasteiger charge is 2.10. The van der Waals surface area contributed by atoms with Gasteiger partial charge in [-0.1, -0.05) is 23.4 Å². The first kappa shape index (κ1) is 17.6. The van der Waals surface area contributed by atoms with Gasteiger partial charge in [0, 0.05) is 5.56 Å². The van der Waals surface area contributed by atoms with Crippen LogP contribution in [0.1, 0.15) is 0 Å². The number of nitrogens with zero attached hydrogens (tertiary/aromatic N) is 3. The van der Waals surface area contributed by atoms with Crippen LogP contribution in [0.5, 0.6) is 23.0 Å². The van der Waals surface area contributed by atoms with Crippen LogP contribution in [0.4, 0.5) is 0 Å². The molecular weight excluding hydrogens is 354 g/mol. The van der Waals surface area contributed by atoms with Crippen LogP contribution in [0, 0.1) is 0 Å². The largest absolute Gasteiger partial charge is 0.493 e. The van der Waals surface area contributed by atoms with E-state index in [9.17, 15) is 0 Å². The van der Waals surface area contributed by atoms with Crippen molar-refractivity contribution in [2.75, 3.05) is 14.2 Å². The number of hydrogen-bond donors (Lipinski definition) is 0. The van der Waals surface area contributed by atoms with E-state index >= 15 is 0 Å². The van der Waals surface area contributed by atoms with E-state index in [-0.39, 0.29) is 0 Å². The smallest absolute Gasteiger partial charge is 0.161 e. The van der Waals surface area contributed by atoms with Gasteiger partial charge in [-0.05, 0) is 54.6 Å². The molecule has 4 rings (SSSR count). The third-order valence-corrected chi connectivity index (χ3v) is 4.25. The van der Waals surface area contributed by atoms with Crippen molar-refractivity contribution in [3.63, 3.8) is 0 Å². The van der Waals surface area contributed by atoms with E-state index in [1.54, 1.807) is 18.9 Å². The van der Waals surface area contributed by atoms with Crippen molar-refractivity contribution < 1.29 is 14.2 Å². The monoisotopic (exact) mass is 373 g/mol. The van der Waals surface area contributed by atoms with Gasteiger partial charge in [0.1, 0.15) is 17.2 Å². The summed E-state index contributed by atoms with van der Waals surface area (Å²) < 4.78 is 18.2. The van der Waals surface area contributed by atoms with Crippen LogP contribution in [0.3, 0.4) is 0 Å². The Bertz CT molecular complexity index is 1060. The Morgan fingerprint density at radius 1 is 0.750 bits per heavy atom. The molecule has 0 unspecified atom stereocenters. The van der Waals surface area contributed by atoms with E-state index in [1.165, 1.54) is 0 Å². The lowest BCUT2D eigenvalue weighted by Crippen LogP contribution is -1.94. The maximum absolute atomic E-state index is 5.82. The van der Waals surface area contributed by atoms with Gasteiger partial charge in [-0.3, -0.25) is 0 Å². The van der Waals surface area contributed by atoms with Crippen LogP contribution in [0.15, 0.2) is 79.0 Å². The summed E-state index contributed by atoms with van der Waals surface area (Å²) >= 11 is 0. The molecule has 140 valence electrons. The highest BCUT2D eigenvalue weighted by atomic mass is 16.5. The lowest BCUT2D eigenvalue weighted by molar-refractivity contribution is 0.355. The van der Waals surface area contributed by atoms with Crippen LogP contribution in [0.25, 0.3) is 16.9 Å². The predicted octanol–water partition coefficient (Wildman–Crippen LogP) is 4.74. The Morgan fingerprint density at radius 3 is 2.18 bits per heavy atom. The van der Waals surface area contributed by atoms with Gasteiger partial charge in [0.25, 0.3) is 0 Å². The second-order valence-corrected chi connectivity index (χ2v) is 6.03. The summed E-state index contributed by atoms with van der Waals surface area (Å²) in [5, 5.41) is 8.50. The number of rotatable bonds is 6. The molecule has 0 saturated carbocycles. The highest BCUT2D eigenvalue weighted by molar-refractivity contribution is 5.63. The van der Waals surface area contributed by atoms with Gasteiger partial charge in [0.05, 0.1) is 26.1 Å². The zero-order chi connectivity index (χ0) is 19.3. The van der Waals surface area contributed by atoms with E-state index in [2.05, 4.69) is 10.3 Å². The summed E-state index contributed by atoms with van der Waals surface area (Å²) in [5.41, 5.74) is 2.53. The minimum absolute atomic E-state index is 0.650. The average Bonchev–Trinajstić information content (AvgIpc) is 3.25. The molecule has 4 aromatic rings. The minimum atomic E-state index is 0.650. The molecule has 0 N–H and O–H groups in total. The van der Waals surface area contributed by atoms with Crippen molar-refractivity contribution >= 4 is 0 Å². The lowest BCUT2D eigenvalue weighted by atomic mass is 10.1. The molecule has 0 atom stereocenters. The molecule has 0 spiro atoms. The fourth-order valence-corrected chi connectivity index (χ4v) is 2.81. The molecule has 0 radical (unpaired) electrons. The van der Waals surface area contributed by atoms with Crippen molar-refractivity contribution in [2.45, 2.75) is 0 Å². The summed E-state index contributed by atoms with van der Waals surface area (Å²) in [6, 6.07) is 23.0. The van der Waals surface area contributed by atoms with Crippen molar-refractivity contribution in [1.82, 2.24) is 15.0 Å². The fourth-order valence-electron chi connectivity index (χ4n) is 2.81. The molecule has 1 aromatic heterocycles. The van der Waals surface area contributed by atoms with Crippen LogP contribution < -0.4 is 14.2 Å². The number of ether oxygens (including phenoxy) is 3. The number of methoxy groups -OCH3 is 2. The Balaban J connectivity index is 1.54. The van der Waals surface area contributed by atoms with Gasteiger partial charge < -0.3 is 14.2 Å². The standard InChI is InChI=1S/C22H19N3O3/c1-26-21-13-8-16(14-22(21)27-2)20-15-25(24-23-20)17-9-11-19(12-10-17)28-18-6-4-3-5-7-18/h3-15H,1-2H3. The molecule has 0 amide bonds. The van der Waals surface area contributed by atoms with Crippen LogP contribution >= 0.6 is 0 Å². The first-order valence-electron chi connectivity index (χ1n) is 8.75. The van der Waals surface area contributed by atoms with E-state index in [1.807, 2.05) is 79.0 Å². The number of aromatic nitrogens is 3. The molecule has 6 heteroatoms. The van der Waals surface area contributed by atoms with Crippen LogP contribution in [0.2, 0.25) is 0 Å². The predicted molar refractivity (Wildman–Crippen MR) is 106 cm³/mol. The zero-order valence-corrected chi connectivity index (χ0v) is 15.6. The van der Waals surface area contributed by atoms with Gasteiger partial charge >= 0.3 is 0 Å². The quantitative estimate of drug-likeness (QED) is 0.488. The molecule has 0 aliphatic heterocycles. The van der Waals surface area contributed by atoms with E-state index in [4.69, 9.17) is 14.2 Å². The number of para-hydroxylation sites is 1. The zero-order valence-electron chi connectivity index (χ0n) is 15.6. The van der Waals surface area contributed by atoms with Gasteiger partial charge in [-0.2, -0.15) is 0 Å². The molecule has 6 nitrogen and oxygen atoms in total. The van der Waals surface area contributed by atoms with E-state index < -0.39 is 0 Å². The van der Waals surface area contributed by atoms with Crippen LogP contribution in [-0.2, 0) is 0 Å². The molecule has 1 heterocycles. The van der Waals surface area contributed by atoms with E-state index in [0.29, 0.717) is 11.5 Å². The van der Waals surface area contributed by atoms with Gasteiger partial charge in [0.15, 0.2) is 11.5 Å². The van der Waals surface area contributed by atoms with Gasteiger partial charge in [-0.15, -0.1) is 5.10 Å². The summed E-state index contributed by atoms with van der Waals surface area (Å²) in [6.45, 7) is 0. The summed E-state index contributed by atoms with van der Waals surface area (Å²) in [4.78, 5) is 0. The second kappa shape index (κ2) is 7.84. The Labute approximate surface area is 162 Å². The average molecular weight is 373 g/mol. The molecule has 0 aliphatic rings. The van der Waals surface area contributed by atoms with Crippen molar-refractivity contribution in [1.29, 1.82) is 0 Å². The molecule has 0 fully saturated rings. The summed E-state index contributed by atoms with van der Waals surface area (Å²) in [7, 11) is 3.22. The Hall–Kier alpha value is -3.80. The first-order valence-corrected chi connectivity index (χ1v) is 8.75. The van der Waals surface area contributed by atoms with Gasteiger partial charge in [0.2, 0.25) is 0 Å². The molecule has 3 aromatic carbocycles. The molecule has 28 heavy (non-hydrogen) atoms. The van der Waals surface area contributed by atoms with Gasteiger partial charge in [-0.25, -0.2) is 4.68 Å². The molecular formula is C22H19N3O3. The molecule has 0 saturated heterocycles. The topological polar surface area (TPSA) is 58.4 Å². The third-order valence-electron chi connectivity index (χ3n) is 4.25. The Morgan fingerprint density at radius 2 is 1.46 bits per heavy atom. The van der Waals surface area contributed by atoms with Crippen LogP contribution in [-0.4, -0.2) is 29.2 Å². The normalized spacial score (nSPS) is 10.5. The number of benzene rings is 3. The Kier molecular flexibility index (Phi) is 4.93. The molecule has 0 aliphatic carbocycles. The molecule has 0 bridgehead atoms. The lowest BCUT2D eigenvalue weighted by Gasteiger charge is -2.08. The van der Waals surface area contributed by atoms with E-state index in [0.717, 1.165) is 28.4 Å². The van der Waals surface area contributed by atoms with Crippen molar-refractivity contribution in [3.8, 4) is 39.9 Å². The fraction of sp³-hybridized carbons (Fsp3) is 0.0909. The SMILES string of the molecule is COc1ccc(-c2cn(-c3ccc(Oc4ccccc4)cc3)nn2)cc1OC. The first-order chi connectivity index (χ1) is 13.8. The minimum Gasteiger partial charge on any atom is -0.493 e. The maximum Gasteiger partial charge on any atom is 0.161 e. The maximum atomic E-state index is 5.82. The summed E-state index contributed by atoms with van der Waals surface area (Å²) in [5.74, 6) is 2.88. The number of hydrogen-bond acceptors (Lipinski definition) is 5.